The van der Waals surface area contributed by atoms with Crippen molar-refractivity contribution in [3.63, 3.8) is 0 Å². The van der Waals surface area contributed by atoms with E-state index in [1.807, 2.05) is 14.2 Å². The van der Waals surface area contributed by atoms with Gasteiger partial charge in [-0.25, -0.2) is 0 Å². The molecule has 0 aliphatic heterocycles. The summed E-state index contributed by atoms with van der Waals surface area (Å²) in [6, 6.07) is 0. The van der Waals surface area contributed by atoms with E-state index >= 15 is 0 Å². The lowest BCUT2D eigenvalue weighted by Gasteiger charge is -2.32. The van der Waals surface area contributed by atoms with Crippen molar-refractivity contribution in [3.05, 3.63) is 24.3 Å². The van der Waals surface area contributed by atoms with Gasteiger partial charge in [-0.05, 0) is 26.2 Å². The normalized spacial score (nSPS) is 26.1. The molecular weight excluding hydrogens is 232 g/mol. The lowest BCUT2D eigenvalue weighted by Crippen LogP contribution is -2.37. The molecule has 0 aromatic rings. The molecule has 0 aromatic carbocycles. The third kappa shape index (κ3) is 2.94. The van der Waals surface area contributed by atoms with E-state index in [0.29, 0.717) is 11.1 Å². The first-order valence-electron chi connectivity index (χ1n) is 5.80. The van der Waals surface area contributed by atoms with Crippen LogP contribution in [0.3, 0.4) is 0 Å². The largest absolute Gasteiger partial charge is 0.420 e. The molecule has 0 saturated heterocycles. The van der Waals surface area contributed by atoms with E-state index < -0.39 is 16.6 Å². The predicted octanol–water partition coefficient (Wildman–Crippen LogP) is 3.56. The Morgan fingerprint density at radius 3 is 1.12 bits per heavy atom. The van der Waals surface area contributed by atoms with Gasteiger partial charge < -0.3 is 8.85 Å². The molecule has 0 aromatic heterocycles. The molecule has 4 heteroatoms. The Bertz CT molecular complexity index is 253. The van der Waals surface area contributed by atoms with Gasteiger partial charge in [0.2, 0.25) is 0 Å². The van der Waals surface area contributed by atoms with Gasteiger partial charge in [0.1, 0.15) is 0 Å². The summed E-state index contributed by atoms with van der Waals surface area (Å²) in [4.78, 5) is 0. The minimum absolute atomic E-state index is 0.496. The maximum atomic E-state index is 5.64. The molecule has 16 heavy (non-hydrogen) atoms. The fourth-order valence-electron chi connectivity index (χ4n) is 1.81. The van der Waals surface area contributed by atoms with Gasteiger partial charge in [0.05, 0.1) is 0 Å². The molecule has 92 valence electrons. The van der Waals surface area contributed by atoms with E-state index in [1.54, 1.807) is 0 Å². The van der Waals surface area contributed by atoms with Crippen molar-refractivity contribution in [1.82, 2.24) is 0 Å². The van der Waals surface area contributed by atoms with Crippen LogP contribution in [0.25, 0.3) is 0 Å². The van der Waals surface area contributed by atoms with Gasteiger partial charge in [-0.3, -0.25) is 0 Å². The summed E-state index contributed by atoms with van der Waals surface area (Å²) in [7, 11) is 0.506. The van der Waals surface area contributed by atoms with Crippen LogP contribution in [0, 0.1) is 0 Å². The first kappa shape index (κ1) is 13.9. The number of allylic oxidation sites excluding steroid dienone is 4. The van der Waals surface area contributed by atoms with E-state index in [2.05, 4.69) is 50.5 Å². The Kier molecular flexibility index (Phi) is 4.34. The Balaban J connectivity index is 2.74. The molecule has 0 spiro atoms. The molecule has 0 bridgehead atoms. The highest BCUT2D eigenvalue weighted by Gasteiger charge is 2.35. The minimum atomic E-state index is -1.57. The summed E-state index contributed by atoms with van der Waals surface area (Å²) >= 11 is 0. The summed E-state index contributed by atoms with van der Waals surface area (Å²) in [5, 5.41) is 0. The van der Waals surface area contributed by atoms with Gasteiger partial charge in [0.25, 0.3) is 0 Å². The van der Waals surface area contributed by atoms with Crippen molar-refractivity contribution in [3.8, 4) is 0 Å². The number of hydrogen-bond acceptors (Lipinski definition) is 2. The van der Waals surface area contributed by atoms with Crippen LogP contribution in [0.2, 0.25) is 37.3 Å². The van der Waals surface area contributed by atoms with Crippen LogP contribution in [-0.4, -0.2) is 30.9 Å². The maximum absolute atomic E-state index is 5.64. The van der Waals surface area contributed by atoms with Crippen molar-refractivity contribution in [2.24, 2.45) is 0 Å². The first-order chi connectivity index (χ1) is 7.33. The standard InChI is InChI=1S/C12H24O2Si2/c1-13-15(3,4)11-7-9-12(10-8-11)16(5,6)14-2/h7-12H,1-6H3. The SMILES string of the molecule is CO[Si](C)(C)C1C=CC([Si](C)(C)OC)C=C1. The van der Waals surface area contributed by atoms with Crippen LogP contribution in [-0.2, 0) is 8.85 Å². The summed E-state index contributed by atoms with van der Waals surface area (Å²) in [6.07, 6.45) is 9.25. The summed E-state index contributed by atoms with van der Waals surface area (Å²) in [6.45, 7) is 9.02. The Hall–Kier alpha value is -0.166. The van der Waals surface area contributed by atoms with E-state index in [-0.39, 0.29) is 0 Å². The van der Waals surface area contributed by atoms with Gasteiger partial charge >= 0.3 is 0 Å². The Labute approximate surface area is 102 Å². The van der Waals surface area contributed by atoms with E-state index in [9.17, 15) is 0 Å². The van der Waals surface area contributed by atoms with Crippen LogP contribution >= 0.6 is 0 Å². The first-order valence-corrected chi connectivity index (χ1v) is 11.8. The smallest absolute Gasteiger partial charge is 0.196 e. The molecule has 0 fully saturated rings. The van der Waals surface area contributed by atoms with Gasteiger partial charge in [-0.15, -0.1) is 0 Å². The summed E-state index contributed by atoms with van der Waals surface area (Å²) in [5.74, 6) is 0. The summed E-state index contributed by atoms with van der Waals surface area (Å²) < 4.78 is 11.3. The fraction of sp³-hybridized carbons (Fsp3) is 0.667. The van der Waals surface area contributed by atoms with Crippen molar-refractivity contribution in [1.29, 1.82) is 0 Å². The number of hydrogen-bond donors (Lipinski definition) is 0. The summed E-state index contributed by atoms with van der Waals surface area (Å²) in [5.41, 5.74) is 0.991. The quantitative estimate of drug-likeness (QED) is 0.566. The highest BCUT2D eigenvalue weighted by molar-refractivity contribution is 6.75. The zero-order valence-corrected chi connectivity index (χ0v) is 13.3. The van der Waals surface area contributed by atoms with E-state index in [1.165, 1.54) is 0 Å². The molecular formula is C12H24O2Si2. The molecule has 1 rings (SSSR count). The van der Waals surface area contributed by atoms with Crippen LogP contribution in [0.15, 0.2) is 24.3 Å². The van der Waals surface area contributed by atoms with Crippen LogP contribution in [0.5, 0.6) is 0 Å². The van der Waals surface area contributed by atoms with E-state index in [4.69, 9.17) is 8.85 Å². The van der Waals surface area contributed by atoms with Crippen molar-refractivity contribution < 1.29 is 8.85 Å². The second kappa shape index (κ2) is 5.00. The topological polar surface area (TPSA) is 18.5 Å². The molecule has 1 aliphatic carbocycles. The lowest BCUT2D eigenvalue weighted by molar-refractivity contribution is 0.398. The van der Waals surface area contributed by atoms with Gasteiger partial charge in [0.15, 0.2) is 16.6 Å². The molecule has 0 atom stereocenters. The third-order valence-electron chi connectivity index (χ3n) is 3.71. The second-order valence-electron chi connectivity index (χ2n) is 5.44. The van der Waals surface area contributed by atoms with Crippen LogP contribution in [0.1, 0.15) is 0 Å². The third-order valence-corrected chi connectivity index (χ3v) is 9.79. The van der Waals surface area contributed by atoms with Crippen molar-refractivity contribution in [2.75, 3.05) is 14.2 Å². The second-order valence-corrected chi connectivity index (χ2v) is 14.0. The molecule has 0 radical (unpaired) electrons. The molecule has 0 amide bonds. The van der Waals surface area contributed by atoms with Crippen LogP contribution in [0.4, 0.5) is 0 Å². The Morgan fingerprint density at radius 1 is 0.688 bits per heavy atom. The zero-order valence-electron chi connectivity index (χ0n) is 11.3. The molecule has 2 nitrogen and oxygen atoms in total. The van der Waals surface area contributed by atoms with Gasteiger partial charge in [0, 0.05) is 25.3 Å². The maximum Gasteiger partial charge on any atom is 0.196 e. The average molecular weight is 256 g/mol. The Morgan fingerprint density at radius 2 is 0.938 bits per heavy atom. The highest BCUT2D eigenvalue weighted by Crippen LogP contribution is 2.35. The van der Waals surface area contributed by atoms with Crippen molar-refractivity contribution in [2.45, 2.75) is 37.3 Å². The average Bonchev–Trinajstić information content (AvgIpc) is 2.29. The van der Waals surface area contributed by atoms with Crippen molar-refractivity contribution >= 4 is 16.6 Å². The predicted molar refractivity (Wildman–Crippen MR) is 74.8 cm³/mol. The van der Waals surface area contributed by atoms with Gasteiger partial charge in [-0.2, -0.15) is 0 Å². The number of rotatable bonds is 4. The molecule has 0 unspecified atom stereocenters. The van der Waals surface area contributed by atoms with Gasteiger partial charge in [-0.1, -0.05) is 24.3 Å². The minimum Gasteiger partial charge on any atom is -0.420 e. The lowest BCUT2D eigenvalue weighted by atomic mass is 10.2. The van der Waals surface area contributed by atoms with Crippen LogP contribution < -0.4 is 0 Å². The van der Waals surface area contributed by atoms with E-state index in [0.717, 1.165) is 0 Å². The highest BCUT2D eigenvalue weighted by atomic mass is 28.4. The fourth-order valence-corrected chi connectivity index (χ4v) is 4.65. The zero-order chi connectivity index (χ0) is 12.4. The molecule has 1 aliphatic rings. The molecule has 0 saturated carbocycles. The monoisotopic (exact) mass is 256 g/mol. The molecule has 0 heterocycles. The molecule has 0 N–H and O–H groups in total.